The SMILES string of the molecule is Cc1cc(CO)ccc1C(NC(=O)Cc1ccc2oc(C(CO)c3ccncc3)cc2c1)c1ccccc1. The molecule has 38 heavy (non-hydrogen) atoms. The van der Waals surface area contributed by atoms with Gasteiger partial charge in [-0.15, -0.1) is 0 Å². The number of furan rings is 1. The Labute approximate surface area is 221 Å². The van der Waals surface area contributed by atoms with Gasteiger partial charge in [0.25, 0.3) is 0 Å². The molecular formula is C32H30N2O4. The lowest BCUT2D eigenvalue weighted by Gasteiger charge is -2.22. The third-order valence-electron chi connectivity index (χ3n) is 6.86. The number of nitrogens with zero attached hydrogens (tertiary/aromatic N) is 1. The van der Waals surface area contributed by atoms with Crippen LogP contribution < -0.4 is 5.32 Å². The second-order valence-electron chi connectivity index (χ2n) is 9.47. The molecule has 1 amide bonds. The average molecular weight is 507 g/mol. The molecular weight excluding hydrogens is 476 g/mol. The fourth-order valence-electron chi connectivity index (χ4n) is 4.89. The van der Waals surface area contributed by atoms with E-state index in [9.17, 15) is 15.0 Å². The quantitative estimate of drug-likeness (QED) is 0.255. The third kappa shape index (κ3) is 5.52. The topological polar surface area (TPSA) is 95.6 Å². The first kappa shape index (κ1) is 25.4. The second-order valence-corrected chi connectivity index (χ2v) is 9.47. The summed E-state index contributed by atoms with van der Waals surface area (Å²) in [7, 11) is 0. The van der Waals surface area contributed by atoms with Crippen molar-refractivity contribution in [3.63, 3.8) is 0 Å². The Bertz CT molecular complexity index is 1530. The molecule has 0 aliphatic heterocycles. The van der Waals surface area contributed by atoms with Gasteiger partial charge in [-0.3, -0.25) is 9.78 Å². The molecule has 2 heterocycles. The zero-order valence-corrected chi connectivity index (χ0v) is 21.2. The van der Waals surface area contributed by atoms with Crippen molar-refractivity contribution in [2.45, 2.75) is 31.9 Å². The molecule has 2 atom stereocenters. The molecule has 3 N–H and O–H groups in total. The monoisotopic (exact) mass is 506 g/mol. The number of aryl methyl sites for hydroxylation is 1. The third-order valence-corrected chi connectivity index (χ3v) is 6.86. The van der Waals surface area contributed by atoms with Crippen LogP contribution in [0.1, 0.15) is 51.1 Å². The molecule has 3 aromatic carbocycles. The highest BCUT2D eigenvalue weighted by atomic mass is 16.3. The Morgan fingerprint density at radius 2 is 1.66 bits per heavy atom. The van der Waals surface area contributed by atoms with E-state index >= 15 is 0 Å². The molecule has 0 bridgehead atoms. The lowest BCUT2D eigenvalue weighted by molar-refractivity contribution is -0.120. The summed E-state index contributed by atoms with van der Waals surface area (Å²) in [5.74, 6) is 0.281. The predicted molar refractivity (Wildman–Crippen MR) is 147 cm³/mol. The van der Waals surface area contributed by atoms with Crippen molar-refractivity contribution in [1.82, 2.24) is 10.3 Å². The van der Waals surface area contributed by atoms with E-state index in [1.807, 2.05) is 91.9 Å². The molecule has 0 radical (unpaired) electrons. The zero-order chi connectivity index (χ0) is 26.5. The van der Waals surface area contributed by atoms with E-state index in [1.54, 1.807) is 12.4 Å². The number of nitrogens with one attached hydrogen (secondary N) is 1. The van der Waals surface area contributed by atoms with Gasteiger partial charge in [-0.1, -0.05) is 54.6 Å². The Hall–Kier alpha value is -4.26. The van der Waals surface area contributed by atoms with Gasteiger partial charge in [0.05, 0.1) is 31.6 Å². The largest absolute Gasteiger partial charge is 0.460 e. The van der Waals surface area contributed by atoms with Crippen molar-refractivity contribution in [2.75, 3.05) is 6.61 Å². The minimum atomic E-state index is -0.314. The molecule has 2 unspecified atom stereocenters. The maximum Gasteiger partial charge on any atom is 0.225 e. The number of rotatable bonds is 9. The predicted octanol–water partition coefficient (Wildman–Crippen LogP) is 5.20. The number of amides is 1. The van der Waals surface area contributed by atoms with Gasteiger partial charge < -0.3 is 19.9 Å². The fraction of sp³-hybridized carbons (Fsp3) is 0.188. The van der Waals surface area contributed by atoms with Crippen molar-refractivity contribution in [1.29, 1.82) is 0 Å². The highest BCUT2D eigenvalue weighted by Gasteiger charge is 2.21. The summed E-state index contributed by atoms with van der Waals surface area (Å²) in [6, 6.07) is 26.8. The first-order chi connectivity index (χ1) is 18.6. The van der Waals surface area contributed by atoms with Crippen molar-refractivity contribution in [2.24, 2.45) is 0 Å². The van der Waals surface area contributed by atoms with Crippen LogP contribution in [0.15, 0.2) is 102 Å². The molecule has 0 fully saturated rings. The first-order valence-corrected chi connectivity index (χ1v) is 12.6. The second kappa shape index (κ2) is 11.4. The van der Waals surface area contributed by atoms with Crippen molar-refractivity contribution < 1.29 is 19.4 Å². The van der Waals surface area contributed by atoms with E-state index in [4.69, 9.17) is 4.42 Å². The molecule has 2 aromatic heterocycles. The van der Waals surface area contributed by atoms with Crippen LogP contribution in [0.5, 0.6) is 0 Å². The summed E-state index contributed by atoms with van der Waals surface area (Å²) in [6.07, 6.45) is 3.60. The maximum absolute atomic E-state index is 13.3. The highest BCUT2D eigenvalue weighted by Crippen LogP contribution is 2.31. The standard InChI is InChI=1S/C32H30N2O4/c1-21-15-23(19-35)7-9-27(21)32(25-5-3-2-4-6-25)34-31(37)17-22-8-10-29-26(16-22)18-30(38-29)28(20-36)24-11-13-33-14-12-24/h2-16,18,28,32,35-36H,17,19-20H2,1H3,(H,34,37). The zero-order valence-electron chi connectivity index (χ0n) is 21.2. The smallest absolute Gasteiger partial charge is 0.225 e. The molecule has 0 aliphatic carbocycles. The maximum atomic E-state index is 13.3. The molecule has 0 aliphatic rings. The molecule has 5 rings (SSSR count). The minimum Gasteiger partial charge on any atom is -0.460 e. The fourth-order valence-corrected chi connectivity index (χ4v) is 4.89. The summed E-state index contributed by atoms with van der Waals surface area (Å²) in [5.41, 5.74) is 6.32. The number of fused-ring (bicyclic) bond motifs is 1. The van der Waals surface area contributed by atoms with Gasteiger partial charge in [-0.25, -0.2) is 0 Å². The van der Waals surface area contributed by atoms with Gasteiger partial charge in [0.1, 0.15) is 11.3 Å². The lowest BCUT2D eigenvalue weighted by Crippen LogP contribution is -2.31. The molecule has 5 aromatic rings. The van der Waals surface area contributed by atoms with Crippen LogP contribution in [0.4, 0.5) is 0 Å². The summed E-state index contributed by atoms with van der Waals surface area (Å²) in [6.45, 7) is 1.88. The van der Waals surface area contributed by atoms with Crippen LogP contribution in [0, 0.1) is 6.92 Å². The molecule has 0 saturated carbocycles. The Kier molecular flexibility index (Phi) is 7.63. The van der Waals surface area contributed by atoms with Crippen LogP contribution in [0.25, 0.3) is 11.0 Å². The first-order valence-electron chi connectivity index (χ1n) is 12.6. The summed E-state index contributed by atoms with van der Waals surface area (Å²) in [4.78, 5) is 17.3. The van der Waals surface area contributed by atoms with E-state index in [-0.39, 0.29) is 37.5 Å². The van der Waals surface area contributed by atoms with Gasteiger partial charge in [0.15, 0.2) is 0 Å². The van der Waals surface area contributed by atoms with Crippen LogP contribution in [0.2, 0.25) is 0 Å². The van der Waals surface area contributed by atoms with E-state index in [2.05, 4.69) is 10.3 Å². The Balaban J connectivity index is 1.37. The van der Waals surface area contributed by atoms with Crippen molar-refractivity contribution >= 4 is 16.9 Å². The molecule has 0 saturated heterocycles. The average Bonchev–Trinajstić information content (AvgIpc) is 3.36. The number of aliphatic hydroxyl groups excluding tert-OH is 2. The number of pyridine rings is 1. The number of aromatic nitrogens is 1. The molecule has 0 spiro atoms. The van der Waals surface area contributed by atoms with E-state index in [1.165, 1.54) is 0 Å². The Morgan fingerprint density at radius 3 is 2.37 bits per heavy atom. The minimum absolute atomic E-state index is 0.0245. The van der Waals surface area contributed by atoms with E-state index < -0.39 is 0 Å². The highest BCUT2D eigenvalue weighted by molar-refractivity contribution is 5.83. The van der Waals surface area contributed by atoms with Gasteiger partial charge in [-0.2, -0.15) is 0 Å². The number of hydrogen-bond acceptors (Lipinski definition) is 5. The summed E-state index contributed by atoms with van der Waals surface area (Å²) < 4.78 is 6.05. The van der Waals surface area contributed by atoms with Gasteiger partial charge in [0, 0.05) is 17.8 Å². The summed E-state index contributed by atoms with van der Waals surface area (Å²) >= 11 is 0. The van der Waals surface area contributed by atoms with E-state index in [0.29, 0.717) is 11.3 Å². The normalized spacial score (nSPS) is 12.8. The van der Waals surface area contributed by atoms with Gasteiger partial charge >= 0.3 is 0 Å². The molecule has 6 nitrogen and oxygen atoms in total. The van der Waals surface area contributed by atoms with Crippen LogP contribution in [-0.4, -0.2) is 27.7 Å². The van der Waals surface area contributed by atoms with Gasteiger partial charge in [0.2, 0.25) is 5.91 Å². The van der Waals surface area contributed by atoms with Crippen LogP contribution in [0.3, 0.4) is 0 Å². The number of carbonyl (C=O) groups excluding carboxylic acids is 1. The van der Waals surface area contributed by atoms with E-state index in [0.717, 1.165) is 38.8 Å². The summed E-state index contributed by atoms with van der Waals surface area (Å²) in [5, 5.41) is 23.6. The van der Waals surface area contributed by atoms with Gasteiger partial charge in [-0.05, 0) is 70.6 Å². The number of aliphatic hydroxyl groups is 2. The number of benzene rings is 3. The molecule has 192 valence electrons. The molecule has 6 heteroatoms. The lowest BCUT2D eigenvalue weighted by atomic mass is 9.93. The van der Waals surface area contributed by atoms with Crippen molar-refractivity contribution in [3.8, 4) is 0 Å². The van der Waals surface area contributed by atoms with Crippen LogP contribution in [-0.2, 0) is 17.8 Å². The Morgan fingerprint density at radius 1 is 0.895 bits per heavy atom. The van der Waals surface area contributed by atoms with Crippen molar-refractivity contribution in [3.05, 3.63) is 136 Å². The van der Waals surface area contributed by atoms with Crippen LogP contribution >= 0.6 is 0 Å². The number of hydrogen-bond donors (Lipinski definition) is 3. The number of carbonyl (C=O) groups is 1.